The van der Waals surface area contributed by atoms with Crippen LogP contribution in [-0.4, -0.2) is 12.5 Å². The van der Waals surface area contributed by atoms with E-state index in [1.54, 1.807) is 24.3 Å². The Hall–Kier alpha value is -1.28. The lowest BCUT2D eigenvalue weighted by Gasteiger charge is -2.05. The van der Waals surface area contributed by atoms with Crippen LogP contribution in [0.1, 0.15) is 17.3 Å². The van der Waals surface area contributed by atoms with Gasteiger partial charge in [-0.05, 0) is 19.1 Å². The molecule has 3 heteroatoms. The molecule has 2 nitrogen and oxygen atoms in total. The summed E-state index contributed by atoms with van der Waals surface area (Å²) in [5.74, 6) is -0.168. The third kappa shape index (κ3) is 2.89. The number of rotatable bonds is 3. The van der Waals surface area contributed by atoms with Gasteiger partial charge in [-0.25, -0.2) is 0 Å². The lowest BCUT2D eigenvalue weighted by molar-refractivity contribution is 0.0957. The second kappa shape index (κ2) is 4.82. The van der Waals surface area contributed by atoms with Crippen LogP contribution in [0.25, 0.3) is 0 Å². The Morgan fingerprint density at radius 2 is 2.14 bits per heavy atom. The van der Waals surface area contributed by atoms with Crippen molar-refractivity contribution in [2.45, 2.75) is 6.92 Å². The topological polar surface area (TPSA) is 29.1 Å². The molecular formula is C11H12ClNO. The number of halogens is 1. The highest BCUT2D eigenvalue weighted by atomic mass is 35.5. The summed E-state index contributed by atoms with van der Waals surface area (Å²) in [4.78, 5) is 11.5. The maximum atomic E-state index is 11.5. The van der Waals surface area contributed by atoms with Gasteiger partial charge in [-0.3, -0.25) is 4.79 Å². The average Bonchev–Trinajstić information content (AvgIpc) is 2.15. The zero-order valence-electron chi connectivity index (χ0n) is 8.01. The SMILES string of the molecule is C=C(C)CNC(=O)c1ccccc1Cl. The molecule has 1 N–H and O–H groups in total. The predicted octanol–water partition coefficient (Wildman–Crippen LogP) is 2.65. The summed E-state index contributed by atoms with van der Waals surface area (Å²) >= 11 is 5.85. The van der Waals surface area contributed by atoms with Crippen molar-refractivity contribution in [2.75, 3.05) is 6.54 Å². The predicted molar refractivity (Wildman–Crippen MR) is 58.6 cm³/mol. The first-order valence-electron chi connectivity index (χ1n) is 4.28. The van der Waals surface area contributed by atoms with Crippen molar-refractivity contribution >= 4 is 17.5 Å². The fraction of sp³-hybridized carbons (Fsp3) is 0.182. The summed E-state index contributed by atoms with van der Waals surface area (Å²) in [6.45, 7) is 6.03. The minimum atomic E-state index is -0.168. The van der Waals surface area contributed by atoms with Gasteiger partial charge in [0.1, 0.15) is 0 Å². The molecule has 0 unspecified atom stereocenters. The molecule has 1 amide bonds. The number of carbonyl (C=O) groups excluding carboxylic acids is 1. The van der Waals surface area contributed by atoms with Crippen LogP contribution in [0.4, 0.5) is 0 Å². The Balaban J connectivity index is 2.70. The molecule has 0 saturated heterocycles. The molecule has 0 heterocycles. The second-order valence-corrected chi connectivity index (χ2v) is 3.53. The van der Waals surface area contributed by atoms with E-state index in [1.165, 1.54) is 0 Å². The highest BCUT2D eigenvalue weighted by molar-refractivity contribution is 6.33. The molecule has 0 fully saturated rings. The molecule has 74 valence electrons. The van der Waals surface area contributed by atoms with Gasteiger partial charge in [0, 0.05) is 6.54 Å². The number of hydrogen-bond donors (Lipinski definition) is 1. The van der Waals surface area contributed by atoms with Crippen molar-refractivity contribution in [3.63, 3.8) is 0 Å². The first kappa shape index (κ1) is 10.8. The summed E-state index contributed by atoms with van der Waals surface area (Å²) in [5.41, 5.74) is 1.40. The highest BCUT2D eigenvalue weighted by Crippen LogP contribution is 2.14. The zero-order valence-corrected chi connectivity index (χ0v) is 8.77. The summed E-state index contributed by atoms with van der Waals surface area (Å²) in [7, 11) is 0. The monoisotopic (exact) mass is 209 g/mol. The van der Waals surface area contributed by atoms with E-state index < -0.39 is 0 Å². The van der Waals surface area contributed by atoms with Crippen molar-refractivity contribution in [3.8, 4) is 0 Å². The molecule has 1 aromatic carbocycles. The van der Waals surface area contributed by atoms with E-state index in [2.05, 4.69) is 11.9 Å². The Morgan fingerprint density at radius 1 is 1.50 bits per heavy atom. The molecule has 0 aliphatic carbocycles. The van der Waals surface area contributed by atoms with Gasteiger partial charge in [0.05, 0.1) is 10.6 Å². The standard InChI is InChI=1S/C11H12ClNO/c1-8(2)7-13-11(14)9-5-3-4-6-10(9)12/h3-6H,1,7H2,2H3,(H,13,14). The Labute approximate surface area is 88.6 Å². The fourth-order valence-corrected chi connectivity index (χ4v) is 1.19. The van der Waals surface area contributed by atoms with Crippen molar-refractivity contribution in [3.05, 3.63) is 47.0 Å². The largest absolute Gasteiger partial charge is 0.348 e. The van der Waals surface area contributed by atoms with Gasteiger partial charge in [0.25, 0.3) is 5.91 Å². The van der Waals surface area contributed by atoms with Crippen molar-refractivity contribution in [2.24, 2.45) is 0 Å². The third-order valence-electron chi connectivity index (χ3n) is 1.67. The Kier molecular flexibility index (Phi) is 3.72. The summed E-state index contributed by atoms with van der Waals surface area (Å²) in [5, 5.41) is 3.18. The molecule has 0 aliphatic rings. The van der Waals surface area contributed by atoms with Crippen LogP contribution in [0.5, 0.6) is 0 Å². The van der Waals surface area contributed by atoms with Crippen LogP contribution < -0.4 is 5.32 Å². The van der Waals surface area contributed by atoms with Crippen LogP contribution in [0, 0.1) is 0 Å². The van der Waals surface area contributed by atoms with Gasteiger partial charge in [-0.15, -0.1) is 0 Å². The molecule has 0 radical (unpaired) electrons. The molecule has 1 aromatic rings. The zero-order chi connectivity index (χ0) is 10.6. The van der Waals surface area contributed by atoms with Crippen LogP contribution >= 0.6 is 11.6 Å². The van der Waals surface area contributed by atoms with Crippen molar-refractivity contribution < 1.29 is 4.79 Å². The first-order chi connectivity index (χ1) is 6.61. The van der Waals surface area contributed by atoms with E-state index in [0.717, 1.165) is 5.57 Å². The summed E-state index contributed by atoms with van der Waals surface area (Å²) in [6, 6.07) is 6.95. The quantitative estimate of drug-likeness (QED) is 0.762. The van der Waals surface area contributed by atoms with Gasteiger partial charge in [-0.2, -0.15) is 0 Å². The van der Waals surface area contributed by atoms with Gasteiger partial charge in [0.2, 0.25) is 0 Å². The summed E-state index contributed by atoms with van der Waals surface area (Å²) < 4.78 is 0. The average molecular weight is 210 g/mol. The van der Waals surface area contributed by atoms with E-state index in [9.17, 15) is 4.79 Å². The van der Waals surface area contributed by atoms with Crippen LogP contribution in [0.3, 0.4) is 0 Å². The van der Waals surface area contributed by atoms with Crippen LogP contribution in [-0.2, 0) is 0 Å². The van der Waals surface area contributed by atoms with Gasteiger partial charge in [0.15, 0.2) is 0 Å². The number of nitrogens with one attached hydrogen (secondary N) is 1. The minimum absolute atomic E-state index is 0.168. The Morgan fingerprint density at radius 3 is 2.71 bits per heavy atom. The fourth-order valence-electron chi connectivity index (χ4n) is 0.972. The maximum Gasteiger partial charge on any atom is 0.253 e. The highest BCUT2D eigenvalue weighted by Gasteiger charge is 2.07. The Bertz CT molecular complexity index is 360. The smallest absolute Gasteiger partial charge is 0.253 e. The number of amides is 1. The van der Waals surface area contributed by atoms with Gasteiger partial charge >= 0.3 is 0 Å². The molecule has 0 saturated carbocycles. The van der Waals surface area contributed by atoms with Gasteiger partial charge in [-0.1, -0.05) is 35.9 Å². The van der Waals surface area contributed by atoms with E-state index in [4.69, 9.17) is 11.6 Å². The number of benzene rings is 1. The van der Waals surface area contributed by atoms with E-state index in [1.807, 2.05) is 6.92 Å². The molecule has 0 aromatic heterocycles. The molecule has 0 atom stereocenters. The van der Waals surface area contributed by atoms with E-state index in [0.29, 0.717) is 17.1 Å². The van der Waals surface area contributed by atoms with E-state index in [-0.39, 0.29) is 5.91 Å². The molecule has 0 aliphatic heterocycles. The van der Waals surface area contributed by atoms with Crippen molar-refractivity contribution in [1.29, 1.82) is 0 Å². The minimum Gasteiger partial charge on any atom is -0.348 e. The molecular weight excluding hydrogens is 198 g/mol. The second-order valence-electron chi connectivity index (χ2n) is 3.12. The normalized spacial score (nSPS) is 9.57. The number of hydrogen-bond acceptors (Lipinski definition) is 1. The van der Waals surface area contributed by atoms with Gasteiger partial charge < -0.3 is 5.32 Å². The van der Waals surface area contributed by atoms with Crippen LogP contribution in [0.15, 0.2) is 36.4 Å². The summed E-state index contributed by atoms with van der Waals surface area (Å²) in [6.07, 6.45) is 0. The van der Waals surface area contributed by atoms with Crippen LogP contribution in [0.2, 0.25) is 5.02 Å². The lowest BCUT2D eigenvalue weighted by atomic mass is 10.2. The number of carbonyl (C=O) groups is 1. The first-order valence-corrected chi connectivity index (χ1v) is 4.66. The third-order valence-corrected chi connectivity index (χ3v) is 2.00. The van der Waals surface area contributed by atoms with E-state index >= 15 is 0 Å². The van der Waals surface area contributed by atoms with Crippen molar-refractivity contribution in [1.82, 2.24) is 5.32 Å². The molecule has 0 bridgehead atoms. The lowest BCUT2D eigenvalue weighted by Crippen LogP contribution is -2.25. The molecule has 14 heavy (non-hydrogen) atoms. The maximum absolute atomic E-state index is 11.5. The molecule has 0 spiro atoms. The molecule has 1 rings (SSSR count).